The molecule has 1 heterocycles. The van der Waals surface area contributed by atoms with Gasteiger partial charge in [0, 0.05) is 18.8 Å². The standard InChI is InChI=1S/C14H15FN2/c15-13-5-11-8-17(9-12(11)6-13)14-3-1-10(7-16)2-4-14/h1-4,11-13H,5-6,8-9H2. The summed E-state index contributed by atoms with van der Waals surface area (Å²) in [6.07, 6.45) is 0.891. The molecule has 2 atom stereocenters. The van der Waals surface area contributed by atoms with E-state index < -0.39 is 6.17 Å². The number of halogens is 1. The number of hydrogen-bond acceptors (Lipinski definition) is 2. The van der Waals surface area contributed by atoms with Gasteiger partial charge in [-0.3, -0.25) is 0 Å². The van der Waals surface area contributed by atoms with Gasteiger partial charge in [0.25, 0.3) is 0 Å². The molecule has 0 bridgehead atoms. The summed E-state index contributed by atoms with van der Waals surface area (Å²) in [5, 5.41) is 8.75. The topological polar surface area (TPSA) is 27.0 Å². The van der Waals surface area contributed by atoms with Crippen molar-refractivity contribution in [3.63, 3.8) is 0 Å². The zero-order valence-electron chi connectivity index (χ0n) is 9.64. The molecule has 88 valence electrons. The molecule has 1 aliphatic carbocycles. The van der Waals surface area contributed by atoms with E-state index in [1.54, 1.807) is 0 Å². The van der Waals surface area contributed by atoms with Crippen molar-refractivity contribution < 1.29 is 4.39 Å². The number of rotatable bonds is 1. The molecule has 0 aromatic heterocycles. The smallest absolute Gasteiger partial charge is 0.101 e. The second-order valence-corrected chi connectivity index (χ2v) is 5.15. The fourth-order valence-electron chi connectivity index (χ4n) is 3.18. The van der Waals surface area contributed by atoms with E-state index in [4.69, 9.17) is 5.26 Å². The second kappa shape index (κ2) is 4.03. The number of alkyl halides is 1. The minimum absolute atomic E-state index is 0.528. The summed E-state index contributed by atoms with van der Waals surface area (Å²) in [6.45, 7) is 1.94. The van der Waals surface area contributed by atoms with Crippen molar-refractivity contribution in [3.8, 4) is 6.07 Å². The third-order valence-corrected chi connectivity index (χ3v) is 4.06. The summed E-state index contributed by atoms with van der Waals surface area (Å²) in [7, 11) is 0. The Balaban J connectivity index is 1.73. The average molecular weight is 230 g/mol. The molecule has 17 heavy (non-hydrogen) atoms. The lowest BCUT2D eigenvalue weighted by atomic mass is 10.0. The molecule has 3 rings (SSSR count). The van der Waals surface area contributed by atoms with Crippen LogP contribution in [-0.4, -0.2) is 19.3 Å². The van der Waals surface area contributed by atoms with E-state index in [2.05, 4.69) is 11.0 Å². The predicted molar refractivity (Wildman–Crippen MR) is 64.5 cm³/mol. The Morgan fingerprint density at radius 3 is 2.24 bits per heavy atom. The molecule has 2 fully saturated rings. The summed E-state index contributed by atoms with van der Waals surface area (Å²) in [5.74, 6) is 1.06. The van der Waals surface area contributed by atoms with Gasteiger partial charge in [0.1, 0.15) is 6.17 Å². The molecule has 1 aliphatic heterocycles. The quantitative estimate of drug-likeness (QED) is 0.741. The van der Waals surface area contributed by atoms with Gasteiger partial charge in [0.05, 0.1) is 11.6 Å². The van der Waals surface area contributed by atoms with Crippen LogP contribution in [0.25, 0.3) is 0 Å². The second-order valence-electron chi connectivity index (χ2n) is 5.15. The molecule has 2 nitrogen and oxygen atoms in total. The molecule has 1 aromatic carbocycles. The van der Waals surface area contributed by atoms with Crippen molar-refractivity contribution in [2.24, 2.45) is 11.8 Å². The monoisotopic (exact) mass is 230 g/mol. The summed E-state index contributed by atoms with van der Waals surface area (Å²) in [6, 6.07) is 9.80. The van der Waals surface area contributed by atoms with Gasteiger partial charge < -0.3 is 4.90 Å². The van der Waals surface area contributed by atoms with Crippen molar-refractivity contribution >= 4 is 5.69 Å². The third-order valence-electron chi connectivity index (χ3n) is 4.06. The predicted octanol–water partition coefficient (Wildman–Crippen LogP) is 2.74. The van der Waals surface area contributed by atoms with Crippen LogP contribution in [0.15, 0.2) is 24.3 Å². The van der Waals surface area contributed by atoms with E-state index in [-0.39, 0.29) is 0 Å². The number of benzene rings is 1. The maximum atomic E-state index is 13.2. The van der Waals surface area contributed by atoms with E-state index in [1.165, 1.54) is 0 Å². The molecule has 2 aliphatic rings. The first-order chi connectivity index (χ1) is 8.26. The van der Waals surface area contributed by atoms with Crippen LogP contribution >= 0.6 is 0 Å². The summed E-state index contributed by atoms with van der Waals surface area (Å²) >= 11 is 0. The lowest BCUT2D eigenvalue weighted by molar-refractivity contribution is 0.326. The lowest BCUT2D eigenvalue weighted by Gasteiger charge is -2.19. The molecular formula is C14H15FN2. The number of fused-ring (bicyclic) bond motifs is 1. The van der Waals surface area contributed by atoms with Crippen LogP contribution in [0.5, 0.6) is 0 Å². The Labute approximate surface area is 101 Å². The fourth-order valence-corrected chi connectivity index (χ4v) is 3.18. The highest BCUT2D eigenvalue weighted by Gasteiger charge is 2.40. The van der Waals surface area contributed by atoms with E-state index in [0.717, 1.165) is 31.6 Å². The maximum absolute atomic E-state index is 13.2. The fraction of sp³-hybridized carbons (Fsp3) is 0.500. The minimum Gasteiger partial charge on any atom is -0.371 e. The molecule has 3 heteroatoms. The summed E-state index contributed by atoms with van der Waals surface area (Å²) in [4.78, 5) is 2.32. The average Bonchev–Trinajstić information content (AvgIpc) is 2.86. The third kappa shape index (κ3) is 1.88. The van der Waals surface area contributed by atoms with Crippen molar-refractivity contribution in [2.45, 2.75) is 19.0 Å². The minimum atomic E-state index is -0.576. The number of nitrogens with zero attached hydrogens (tertiary/aromatic N) is 2. The highest BCUT2D eigenvalue weighted by Crippen LogP contribution is 2.40. The summed E-state index contributed by atoms with van der Waals surface area (Å²) < 4.78 is 13.2. The number of hydrogen-bond donors (Lipinski definition) is 0. The van der Waals surface area contributed by atoms with Crippen molar-refractivity contribution in [2.75, 3.05) is 18.0 Å². The molecule has 0 radical (unpaired) electrons. The van der Waals surface area contributed by atoms with Crippen molar-refractivity contribution in [3.05, 3.63) is 29.8 Å². The molecule has 0 spiro atoms. The van der Waals surface area contributed by atoms with Crippen LogP contribution in [0.4, 0.5) is 10.1 Å². The van der Waals surface area contributed by atoms with Gasteiger partial charge >= 0.3 is 0 Å². The van der Waals surface area contributed by atoms with Crippen molar-refractivity contribution in [1.82, 2.24) is 0 Å². The number of anilines is 1. The zero-order valence-corrected chi connectivity index (χ0v) is 9.64. The first-order valence-electron chi connectivity index (χ1n) is 6.15. The molecule has 0 amide bonds. The van der Waals surface area contributed by atoms with Crippen LogP contribution in [0.1, 0.15) is 18.4 Å². The van der Waals surface area contributed by atoms with E-state index >= 15 is 0 Å². The highest BCUT2D eigenvalue weighted by molar-refractivity contribution is 5.50. The van der Waals surface area contributed by atoms with Crippen LogP contribution in [0.2, 0.25) is 0 Å². The van der Waals surface area contributed by atoms with E-state index in [9.17, 15) is 4.39 Å². The first-order valence-corrected chi connectivity index (χ1v) is 6.15. The van der Waals surface area contributed by atoms with Gasteiger partial charge in [-0.1, -0.05) is 0 Å². The van der Waals surface area contributed by atoms with E-state index in [0.29, 0.717) is 17.4 Å². The number of nitriles is 1. The van der Waals surface area contributed by atoms with Crippen LogP contribution in [0, 0.1) is 23.2 Å². The Hall–Kier alpha value is -1.56. The van der Waals surface area contributed by atoms with Gasteiger partial charge in [-0.2, -0.15) is 5.26 Å². The molecule has 1 saturated carbocycles. The van der Waals surface area contributed by atoms with Gasteiger partial charge in [-0.25, -0.2) is 4.39 Å². The Bertz CT molecular complexity index is 434. The SMILES string of the molecule is N#Cc1ccc(N2CC3CC(F)CC3C2)cc1. The van der Waals surface area contributed by atoms with E-state index in [1.807, 2.05) is 24.3 Å². The Morgan fingerprint density at radius 1 is 1.12 bits per heavy atom. The van der Waals surface area contributed by atoms with Gasteiger partial charge in [0.15, 0.2) is 0 Å². The van der Waals surface area contributed by atoms with Gasteiger partial charge in [-0.05, 0) is 48.9 Å². The Kier molecular flexibility index (Phi) is 2.51. The normalized spacial score (nSPS) is 31.3. The molecule has 1 saturated heterocycles. The summed E-state index contributed by atoms with van der Waals surface area (Å²) in [5.41, 5.74) is 1.85. The molecule has 0 N–H and O–H groups in total. The van der Waals surface area contributed by atoms with Gasteiger partial charge in [-0.15, -0.1) is 0 Å². The van der Waals surface area contributed by atoms with Crippen LogP contribution in [0.3, 0.4) is 0 Å². The molecule has 1 aromatic rings. The van der Waals surface area contributed by atoms with Crippen LogP contribution in [-0.2, 0) is 0 Å². The lowest BCUT2D eigenvalue weighted by Crippen LogP contribution is -2.21. The van der Waals surface area contributed by atoms with Crippen LogP contribution < -0.4 is 4.90 Å². The van der Waals surface area contributed by atoms with Gasteiger partial charge in [0.2, 0.25) is 0 Å². The van der Waals surface area contributed by atoms with Crippen molar-refractivity contribution in [1.29, 1.82) is 5.26 Å². The molecule has 2 unspecified atom stereocenters. The largest absolute Gasteiger partial charge is 0.371 e. The highest BCUT2D eigenvalue weighted by atomic mass is 19.1. The first kappa shape index (κ1) is 10.6. The zero-order chi connectivity index (χ0) is 11.8. The molecular weight excluding hydrogens is 215 g/mol. The Morgan fingerprint density at radius 2 is 1.71 bits per heavy atom. The maximum Gasteiger partial charge on any atom is 0.101 e.